The molecule has 34 heavy (non-hydrogen) atoms. The van der Waals surface area contributed by atoms with E-state index in [-0.39, 0.29) is 29.8 Å². The molecule has 10 heteroatoms. The predicted molar refractivity (Wildman–Crippen MR) is 137 cm³/mol. The number of fused-ring (bicyclic) bond motifs is 1. The number of carbonyl (C=O) groups excluding carboxylic acids is 1. The molecule has 0 bridgehead atoms. The molecule has 8 nitrogen and oxygen atoms in total. The summed E-state index contributed by atoms with van der Waals surface area (Å²) in [6.45, 7) is 8.33. The molecule has 3 aliphatic rings. The van der Waals surface area contributed by atoms with Crippen LogP contribution in [0.2, 0.25) is 0 Å². The van der Waals surface area contributed by atoms with Crippen molar-refractivity contribution in [2.24, 2.45) is 0 Å². The molecule has 3 saturated heterocycles. The van der Waals surface area contributed by atoms with Crippen molar-refractivity contribution in [3.05, 3.63) is 44.7 Å². The molecule has 0 N–H and O–H groups in total. The standard InChI is InChI=1S/C24H28N4O4S2/c1-14-6-7-20-25-21(26-11-15(2)32-16(3)12-26)18(22(29)27(20)10-14)9-19-23(30)28(24(33)34-19)13-17-5-4-8-31-17/h6-7,9-10,15-17H,4-5,8,11-13H2,1-3H3/b19-9-. The summed E-state index contributed by atoms with van der Waals surface area (Å²) in [7, 11) is 0. The molecule has 3 aliphatic heterocycles. The Kier molecular flexibility index (Phi) is 6.49. The van der Waals surface area contributed by atoms with Gasteiger partial charge in [-0.2, -0.15) is 0 Å². The van der Waals surface area contributed by atoms with Gasteiger partial charge < -0.3 is 14.4 Å². The fraction of sp³-hybridized carbons (Fsp3) is 0.500. The maximum Gasteiger partial charge on any atom is 0.267 e. The number of hydrogen-bond donors (Lipinski definition) is 0. The lowest BCUT2D eigenvalue weighted by Gasteiger charge is -2.36. The Morgan fingerprint density at radius 3 is 2.71 bits per heavy atom. The number of thiocarbonyl (C=S) groups is 1. The molecule has 5 heterocycles. The van der Waals surface area contributed by atoms with Crippen molar-refractivity contribution >= 4 is 51.7 Å². The minimum Gasteiger partial charge on any atom is -0.376 e. The number of aromatic nitrogens is 2. The molecule has 180 valence electrons. The van der Waals surface area contributed by atoms with E-state index < -0.39 is 0 Å². The summed E-state index contributed by atoms with van der Waals surface area (Å²) in [5.41, 5.74) is 1.70. The second-order valence-electron chi connectivity index (χ2n) is 9.18. The Morgan fingerprint density at radius 2 is 2.00 bits per heavy atom. The highest BCUT2D eigenvalue weighted by Gasteiger charge is 2.35. The van der Waals surface area contributed by atoms with Gasteiger partial charge in [0.15, 0.2) is 0 Å². The van der Waals surface area contributed by atoms with Gasteiger partial charge in [0.2, 0.25) is 0 Å². The molecule has 0 aliphatic carbocycles. The minimum atomic E-state index is -0.208. The quantitative estimate of drug-likeness (QED) is 0.469. The van der Waals surface area contributed by atoms with Gasteiger partial charge >= 0.3 is 0 Å². The van der Waals surface area contributed by atoms with Crippen LogP contribution in [0.3, 0.4) is 0 Å². The van der Waals surface area contributed by atoms with Crippen LogP contribution >= 0.6 is 24.0 Å². The third-order valence-electron chi connectivity index (χ3n) is 6.26. The molecule has 3 unspecified atom stereocenters. The average Bonchev–Trinajstić information content (AvgIpc) is 3.39. The van der Waals surface area contributed by atoms with Gasteiger partial charge in [-0.15, -0.1) is 0 Å². The number of aryl methyl sites for hydroxylation is 1. The summed E-state index contributed by atoms with van der Waals surface area (Å²) in [6, 6.07) is 3.78. The zero-order valence-corrected chi connectivity index (χ0v) is 21.2. The highest BCUT2D eigenvalue weighted by molar-refractivity contribution is 8.26. The van der Waals surface area contributed by atoms with E-state index in [9.17, 15) is 9.59 Å². The third-order valence-corrected chi connectivity index (χ3v) is 7.64. The van der Waals surface area contributed by atoms with Crippen molar-refractivity contribution in [2.45, 2.75) is 51.9 Å². The molecule has 3 atom stereocenters. The van der Waals surface area contributed by atoms with Crippen LogP contribution < -0.4 is 10.5 Å². The van der Waals surface area contributed by atoms with Crippen molar-refractivity contribution in [2.75, 3.05) is 31.1 Å². The van der Waals surface area contributed by atoms with Crippen molar-refractivity contribution < 1.29 is 14.3 Å². The van der Waals surface area contributed by atoms with Crippen molar-refractivity contribution in [3.8, 4) is 0 Å². The van der Waals surface area contributed by atoms with Crippen LogP contribution in [0.4, 0.5) is 5.82 Å². The topological polar surface area (TPSA) is 76.4 Å². The molecule has 2 aromatic heterocycles. The molecule has 0 aromatic carbocycles. The van der Waals surface area contributed by atoms with E-state index in [1.807, 2.05) is 32.9 Å². The van der Waals surface area contributed by atoms with E-state index >= 15 is 0 Å². The van der Waals surface area contributed by atoms with Gasteiger partial charge in [0.05, 0.1) is 35.3 Å². The van der Waals surface area contributed by atoms with Crippen molar-refractivity contribution in [3.63, 3.8) is 0 Å². The van der Waals surface area contributed by atoms with Gasteiger partial charge in [-0.05, 0) is 51.3 Å². The highest BCUT2D eigenvalue weighted by atomic mass is 32.2. The molecule has 0 radical (unpaired) electrons. The van der Waals surface area contributed by atoms with E-state index in [1.165, 1.54) is 11.8 Å². The summed E-state index contributed by atoms with van der Waals surface area (Å²) in [4.78, 5) is 35.9. The molecular formula is C24H28N4O4S2. The largest absolute Gasteiger partial charge is 0.376 e. The van der Waals surface area contributed by atoms with E-state index in [1.54, 1.807) is 21.6 Å². The number of carbonyl (C=O) groups is 1. The van der Waals surface area contributed by atoms with E-state index in [0.29, 0.717) is 52.5 Å². The number of amides is 1. The average molecular weight is 501 g/mol. The molecule has 1 amide bonds. The second-order valence-corrected chi connectivity index (χ2v) is 10.9. The maximum atomic E-state index is 13.7. The zero-order valence-electron chi connectivity index (χ0n) is 19.5. The Labute approximate surface area is 207 Å². The third kappa shape index (κ3) is 4.51. The Balaban J connectivity index is 1.58. The van der Waals surface area contributed by atoms with Gasteiger partial charge in [0.1, 0.15) is 15.8 Å². The Morgan fingerprint density at radius 1 is 1.24 bits per heavy atom. The van der Waals surface area contributed by atoms with Crippen LogP contribution in [0.1, 0.15) is 37.8 Å². The molecule has 5 rings (SSSR count). The number of nitrogens with zero attached hydrogens (tertiary/aromatic N) is 4. The van der Waals surface area contributed by atoms with Gasteiger partial charge in [-0.1, -0.05) is 30.0 Å². The van der Waals surface area contributed by atoms with Crippen LogP contribution in [-0.4, -0.2) is 69.1 Å². The van der Waals surface area contributed by atoms with Crippen LogP contribution in [0.5, 0.6) is 0 Å². The number of anilines is 1. The minimum absolute atomic E-state index is 0.000471. The van der Waals surface area contributed by atoms with Gasteiger partial charge in [-0.25, -0.2) is 4.98 Å². The summed E-state index contributed by atoms with van der Waals surface area (Å²) < 4.78 is 13.6. The van der Waals surface area contributed by atoms with Crippen LogP contribution in [-0.2, 0) is 14.3 Å². The fourth-order valence-electron chi connectivity index (χ4n) is 4.75. The van der Waals surface area contributed by atoms with Gasteiger partial charge in [0.25, 0.3) is 11.5 Å². The first-order valence-corrected chi connectivity index (χ1v) is 12.8. The SMILES string of the molecule is Cc1ccc2nc(N3CC(C)OC(C)C3)c(/C=C3\SC(=S)N(CC4CCCO4)C3=O)c(=O)n2c1. The number of thioether (sulfide) groups is 1. The number of hydrogen-bond acceptors (Lipinski definition) is 8. The van der Waals surface area contributed by atoms with Crippen molar-refractivity contribution in [1.29, 1.82) is 0 Å². The molecular weight excluding hydrogens is 472 g/mol. The molecule has 0 saturated carbocycles. The fourth-order valence-corrected chi connectivity index (χ4v) is 6.00. The van der Waals surface area contributed by atoms with E-state index in [2.05, 4.69) is 4.90 Å². The van der Waals surface area contributed by atoms with Gasteiger partial charge in [-0.3, -0.25) is 18.9 Å². The van der Waals surface area contributed by atoms with Gasteiger partial charge in [0, 0.05) is 25.9 Å². The first-order chi connectivity index (χ1) is 16.3. The number of morpholine rings is 1. The lowest BCUT2D eigenvalue weighted by atomic mass is 10.1. The summed E-state index contributed by atoms with van der Waals surface area (Å²) >= 11 is 6.73. The summed E-state index contributed by atoms with van der Waals surface area (Å²) in [6.07, 6.45) is 5.36. The summed E-state index contributed by atoms with van der Waals surface area (Å²) in [5, 5.41) is 0. The predicted octanol–water partition coefficient (Wildman–Crippen LogP) is 3.00. The summed E-state index contributed by atoms with van der Waals surface area (Å²) in [5.74, 6) is 0.383. The van der Waals surface area contributed by atoms with Crippen LogP contribution in [0.15, 0.2) is 28.0 Å². The smallest absolute Gasteiger partial charge is 0.267 e. The first kappa shape index (κ1) is 23.5. The zero-order chi connectivity index (χ0) is 24.0. The Bertz CT molecular complexity index is 1230. The number of pyridine rings is 1. The first-order valence-electron chi connectivity index (χ1n) is 11.6. The molecule has 3 fully saturated rings. The molecule has 2 aromatic rings. The normalized spacial score (nSPS) is 26.9. The van der Waals surface area contributed by atoms with Crippen LogP contribution in [0, 0.1) is 6.92 Å². The second kappa shape index (κ2) is 9.41. The molecule has 0 spiro atoms. The Hall–Kier alpha value is -2.27. The van der Waals surface area contributed by atoms with Crippen molar-refractivity contribution in [1.82, 2.24) is 14.3 Å². The monoisotopic (exact) mass is 500 g/mol. The highest BCUT2D eigenvalue weighted by Crippen LogP contribution is 2.34. The maximum absolute atomic E-state index is 13.7. The van der Waals surface area contributed by atoms with E-state index in [4.69, 9.17) is 26.7 Å². The lowest BCUT2D eigenvalue weighted by Crippen LogP contribution is -2.46. The van der Waals surface area contributed by atoms with E-state index in [0.717, 1.165) is 18.4 Å². The number of ether oxygens (including phenoxy) is 2. The van der Waals surface area contributed by atoms with Crippen LogP contribution in [0.25, 0.3) is 11.7 Å². The number of rotatable bonds is 4. The lowest BCUT2D eigenvalue weighted by molar-refractivity contribution is -0.123.